The predicted octanol–water partition coefficient (Wildman–Crippen LogP) is 0.786. The van der Waals surface area contributed by atoms with Gasteiger partial charge in [0.2, 0.25) is 5.91 Å². The van der Waals surface area contributed by atoms with E-state index in [0.29, 0.717) is 13.1 Å². The highest BCUT2D eigenvalue weighted by molar-refractivity contribution is 5.78. The van der Waals surface area contributed by atoms with Gasteiger partial charge in [0.05, 0.1) is 13.0 Å². The van der Waals surface area contributed by atoms with Gasteiger partial charge in [-0.1, -0.05) is 0 Å². The summed E-state index contributed by atoms with van der Waals surface area (Å²) in [6.45, 7) is 8.81. The minimum absolute atomic E-state index is 0.0247. The maximum absolute atomic E-state index is 11.4. The molecule has 1 amide bonds. The van der Waals surface area contributed by atoms with E-state index in [4.69, 9.17) is 4.74 Å². The van der Waals surface area contributed by atoms with Crippen molar-refractivity contribution < 1.29 is 14.3 Å². The maximum atomic E-state index is 11.4. The van der Waals surface area contributed by atoms with Gasteiger partial charge in [-0.05, 0) is 27.7 Å². The normalized spacial score (nSPS) is 11.1. The Balaban J connectivity index is 3.65. The largest absolute Gasteiger partial charge is 0.460 e. The van der Waals surface area contributed by atoms with E-state index in [1.807, 2.05) is 27.7 Å². The summed E-state index contributed by atoms with van der Waals surface area (Å²) in [6, 6.07) is 0. The summed E-state index contributed by atoms with van der Waals surface area (Å²) < 4.78 is 5.14. The second-order valence-corrected chi connectivity index (χ2v) is 4.92. The van der Waals surface area contributed by atoms with Crippen LogP contribution in [0.3, 0.4) is 0 Å². The summed E-state index contributed by atoms with van der Waals surface area (Å²) in [4.78, 5) is 24.4. The number of amides is 1. The highest BCUT2D eigenvalue weighted by atomic mass is 16.6. The number of hydrogen-bond donors (Lipinski definition) is 1. The molecule has 100 valence electrons. The number of esters is 1. The first-order valence-electron chi connectivity index (χ1n) is 5.92. The third-order valence-corrected chi connectivity index (χ3v) is 2.10. The second-order valence-electron chi connectivity index (χ2n) is 4.92. The zero-order valence-electron chi connectivity index (χ0n) is 11.5. The quantitative estimate of drug-likeness (QED) is 0.554. The van der Waals surface area contributed by atoms with E-state index in [9.17, 15) is 9.59 Å². The zero-order chi connectivity index (χ0) is 13.5. The number of carbonyl (C=O) groups excluding carboxylic acids is 2. The van der Waals surface area contributed by atoms with Crippen LogP contribution in [-0.2, 0) is 14.3 Å². The molecule has 0 heterocycles. The summed E-state index contributed by atoms with van der Waals surface area (Å²) in [7, 11) is 1.75. The lowest BCUT2D eigenvalue weighted by atomic mass is 10.2. The monoisotopic (exact) mass is 244 g/mol. The Morgan fingerprint density at radius 1 is 1.29 bits per heavy atom. The number of rotatable bonds is 6. The first-order valence-corrected chi connectivity index (χ1v) is 5.92. The second kappa shape index (κ2) is 7.27. The van der Waals surface area contributed by atoms with Crippen LogP contribution in [0.15, 0.2) is 0 Å². The van der Waals surface area contributed by atoms with Crippen LogP contribution in [-0.4, -0.2) is 49.1 Å². The molecular formula is C12H24N2O3. The molecule has 5 heteroatoms. The van der Waals surface area contributed by atoms with Gasteiger partial charge in [-0.15, -0.1) is 0 Å². The summed E-state index contributed by atoms with van der Waals surface area (Å²) in [6.07, 6.45) is 0.278. The fourth-order valence-corrected chi connectivity index (χ4v) is 1.09. The van der Waals surface area contributed by atoms with Crippen molar-refractivity contribution >= 4 is 11.9 Å². The van der Waals surface area contributed by atoms with Crippen LogP contribution in [0.1, 0.15) is 34.1 Å². The van der Waals surface area contributed by atoms with Gasteiger partial charge in [0.25, 0.3) is 0 Å². The molecule has 0 rings (SSSR count). The smallest absolute Gasteiger partial charge is 0.307 e. The Kier molecular flexibility index (Phi) is 6.80. The lowest BCUT2D eigenvalue weighted by molar-refractivity contribution is -0.154. The number of nitrogens with one attached hydrogen (secondary N) is 1. The van der Waals surface area contributed by atoms with Crippen molar-refractivity contribution in [2.45, 2.75) is 39.7 Å². The molecule has 0 radical (unpaired) electrons. The van der Waals surface area contributed by atoms with E-state index >= 15 is 0 Å². The average Bonchev–Trinajstić information content (AvgIpc) is 2.20. The SMILES string of the molecule is CCN(C)C(=O)CNCCC(=O)OC(C)(C)C. The fraction of sp³-hybridized carbons (Fsp3) is 0.833. The third-order valence-electron chi connectivity index (χ3n) is 2.10. The molecule has 0 aliphatic rings. The van der Waals surface area contributed by atoms with Crippen LogP contribution >= 0.6 is 0 Å². The van der Waals surface area contributed by atoms with Crippen molar-refractivity contribution in [3.63, 3.8) is 0 Å². The Morgan fingerprint density at radius 3 is 2.35 bits per heavy atom. The van der Waals surface area contributed by atoms with Crippen molar-refractivity contribution in [2.75, 3.05) is 26.7 Å². The molecule has 0 saturated heterocycles. The van der Waals surface area contributed by atoms with Gasteiger partial charge in [-0.3, -0.25) is 9.59 Å². The molecule has 0 aromatic heterocycles. The van der Waals surface area contributed by atoms with Crippen molar-refractivity contribution in [3.05, 3.63) is 0 Å². The molecule has 0 spiro atoms. The van der Waals surface area contributed by atoms with Crippen LogP contribution in [0.5, 0.6) is 0 Å². The van der Waals surface area contributed by atoms with Gasteiger partial charge in [0, 0.05) is 20.1 Å². The van der Waals surface area contributed by atoms with Gasteiger partial charge in [0.15, 0.2) is 0 Å². The van der Waals surface area contributed by atoms with E-state index in [1.165, 1.54) is 0 Å². The van der Waals surface area contributed by atoms with Crippen molar-refractivity contribution in [1.82, 2.24) is 10.2 Å². The standard InChI is InChI=1S/C12H24N2O3/c1-6-14(5)10(15)9-13-8-7-11(16)17-12(2,3)4/h13H,6-9H2,1-5H3. The van der Waals surface area contributed by atoms with E-state index in [1.54, 1.807) is 11.9 Å². The van der Waals surface area contributed by atoms with Gasteiger partial charge < -0.3 is 15.0 Å². The van der Waals surface area contributed by atoms with Gasteiger partial charge >= 0.3 is 5.97 Å². The Morgan fingerprint density at radius 2 is 1.88 bits per heavy atom. The summed E-state index contributed by atoms with van der Waals surface area (Å²) in [5.74, 6) is -0.224. The molecule has 0 unspecified atom stereocenters. The average molecular weight is 244 g/mol. The molecular weight excluding hydrogens is 220 g/mol. The predicted molar refractivity (Wildman–Crippen MR) is 66.6 cm³/mol. The van der Waals surface area contributed by atoms with Crippen LogP contribution < -0.4 is 5.32 Å². The van der Waals surface area contributed by atoms with Crippen LogP contribution in [0.25, 0.3) is 0 Å². The number of nitrogens with zero attached hydrogens (tertiary/aromatic N) is 1. The Hall–Kier alpha value is -1.10. The molecule has 0 saturated carbocycles. The molecule has 17 heavy (non-hydrogen) atoms. The van der Waals surface area contributed by atoms with E-state index < -0.39 is 5.60 Å². The van der Waals surface area contributed by atoms with E-state index in [2.05, 4.69) is 5.32 Å². The summed E-state index contributed by atoms with van der Waals surface area (Å²) in [5.41, 5.74) is -0.449. The molecule has 0 bridgehead atoms. The topological polar surface area (TPSA) is 58.6 Å². The lowest BCUT2D eigenvalue weighted by Crippen LogP contribution is -2.36. The van der Waals surface area contributed by atoms with Crippen molar-refractivity contribution in [1.29, 1.82) is 0 Å². The van der Waals surface area contributed by atoms with Crippen LogP contribution in [0.4, 0.5) is 0 Å². The molecule has 0 aliphatic heterocycles. The first kappa shape index (κ1) is 15.9. The van der Waals surface area contributed by atoms with Gasteiger partial charge in [-0.2, -0.15) is 0 Å². The first-order chi connectivity index (χ1) is 7.76. The molecule has 0 fully saturated rings. The molecule has 0 aromatic carbocycles. The van der Waals surface area contributed by atoms with Crippen LogP contribution in [0, 0.1) is 0 Å². The van der Waals surface area contributed by atoms with Crippen molar-refractivity contribution in [2.24, 2.45) is 0 Å². The van der Waals surface area contributed by atoms with E-state index in [0.717, 1.165) is 0 Å². The minimum Gasteiger partial charge on any atom is -0.460 e. The third kappa shape index (κ3) is 8.68. The highest BCUT2D eigenvalue weighted by Crippen LogP contribution is 2.07. The zero-order valence-corrected chi connectivity index (χ0v) is 11.5. The Bertz CT molecular complexity index is 259. The number of likely N-dealkylation sites (N-methyl/N-ethyl adjacent to an activating group) is 1. The highest BCUT2D eigenvalue weighted by Gasteiger charge is 2.15. The fourth-order valence-electron chi connectivity index (χ4n) is 1.09. The summed E-state index contributed by atoms with van der Waals surface area (Å²) in [5, 5.41) is 2.93. The van der Waals surface area contributed by atoms with E-state index in [-0.39, 0.29) is 24.8 Å². The van der Waals surface area contributed by atoms with Gasteiger partial charge in [-0.25, -0.2) is 0 Å². The number of ether oxygens (including phenoxy) is 1. The molecule has 5 nitrogen and oxygen atoms in total. The molecule has 0 aromatic rings. The molecule has 0 atom stereocenters. The molecule has 0 aliphatic carbocycles. The van der Waals surface area contributed by atoms with Crippen LogP contribution in [0.2, 0.25) is 0 Å². The number of carbonyl (C=O) groups is 2. The van der Waals surface area contributed by atoms with Gasteiger partial charge in [0.1, 0.15) is 5.60 Å². The molecule has 1 N–H and O–H groups in total. The lowest BCUT2D eigenvalue weighted by Gasteiger charge is -2.19. The van der Waals surface area contributed by atoms with Crippen molar-refractivity contribution in [3.8, 4) is 0 Å². The number of hydrogen-bond acceptors (Lipinski definition) is 4. The maximum Gasteiger partial charge on any atom is 0.307 e. The minimum atomic E-state index is -0.449. The Labute approximate surface area is 103 Å². The summed E-state index contributed by atoms with van der Waals surface area (Å²) >= 11 is 0.